The molecule has 1 unspecified atom stereocenters. The minimum atomic E-state index is -4.43. The predicted octanol–water partition coefficient (Wildman–Crippen LogP) is -0.393. The minimum Gasteiger partial charge on any atom is -0.311 e. The first-order valence-electron chi connectivity index (χ1n) is 4.23. The fourth-order valence-corrected chi connectivity index (χ4v) is 2.32. The number of hydrogen-bond acceptors (Lipinski definition) is 5. The van der Waals surface area contributed by atoms with Crippen LogP contribution < -0.4 is 5.73 Å². The Morgan fingerprint density at radius 1 is 1.20 bits per heavy atom. The summed E-state index contributed by atoms with van der Waals surface area (Å²) < 4.78 is 59.6. The van der Waals surface area contributed by atoms with Crippen molar-refractivity contribution in [3.63, 3.8) is 0 Å². The topological polar surface area (TPSA) is 135 Å². The van der Waals surface area contributed by atoms with E-state index >= 15 is 0 Å². The second kappa shape index (κ2) is 4.74. The van der Waals surface area contributed by atoms with Gasteiger partial charge in [0.15, 0.2) is 0 Å². The van der Waals surface area contributed by atoms with E-state index in [0.29, 0.717) is 0 Å². The van der Waals surface area contributed by atoms with E-state index in [1.165, 1.54) is 6.92 Å². The number of hydrogen-bond donors (Lipinski definition) is 3. The Balaban J connectivity index is 4.50. The van der Waals surface area contributed by atoms with Crippen LogP contribution in [0.25, 0.3) is 0 Å². The van der Waals surface area contributed by atoms with Crippen molar-refractivity contribution in [2.45, 2.75) is 31.1 Å². The zero-order valence-corrected chi connectivity index (χ0v) is 9.88. The highest BCUT2D eigenvalue weighted by Crippen LogP contribution is 2.20. The van der Waals surface area contributed by atoms with E-state index in [4.69, 9.17) is 14.8 Å². The molecule has 0 rings (SSSR count). The largest absolute Gasteiger partial charge is 0.311 e. The maximum Gasteiger partial charge on any atom is 0.283 e. The first-order chi connectivity index (χ1) is 6.52. The van der Waals surface area contributed by atoms with E-state index in [2.05, 4.69) is 0 Å². The predicted molar refractivity (Wildman–Crippen MR) is 54.4 cm³/mol. The van der Waals surface area contributed by atoms with Gasteiger partial charge >= 0.3 is 0 Å². The molecule has 0 amide bonds. The summed E-state index contributed by atoms with van der Waals surface area (Å²) in [7, 11) is -8.56. The molecule has 92 valence electrons. The lowest BCUT2D eigenvalue weighted by molar-refractivity contribution is 0.398. The summed E-state index contributed by atoms with van der Waals surface area (Å²) in [4.78, 5) is -1.85. The lowest BCUT2D eigenvalue weighted by Crippen LogP contribution is -2.47. The summed E-state index contributed by atoms with van der Waals surface area (Å²) in [5.41, 5.74) is 5.39. The normalized spacial score (nSPS) is 17.3. The van der Waals surface area contributed by atoms with E-state index in [1.807, 2.05) is 0 Å². The van der Waals surface area contributed by atoms with Crippen LogP contribution in [0.2, 0.25) is 0 Å². The van der Waals surface area contributed by atoms with Crippen molar-refractivity contribution in [3.8, 4) is 0 Å². The summed E-state index contributed by atoms with van der Waals surface area (Å²) in [6.07, 6.45) is -0.414. The standard InChI is InChI=1S/C6H15NO6S2/c1-2-6(7,15(11,12)13)4-3-5-14(8,9)10/h2-5,7H2,1H3,(H,8,9,10)(H,11,12,13). The Hall–Kier alpha value is -0.220. The van der Waals surface area contributed by atoms with Gasteiger partial charge in [-0.3, -0.25) is 9.11 Å². The van der Waals surface area contributed by atoms with Crippen molar-refractivity contribution in [2.24, 2.45) is 5.73 Å². The first-order valence-corrected chi connectivity index (χ1v) is 7.28. The Morgan fingerprint density at radius 3 is 1.93 bits per heavy atom. The van der Waals surface area contributed by atoms with Gasteiger partial charge in [-0.15, -0.1) is 0 Å². The van der Waals surface area contributed by atoms with Crippen molar-refractivity contribution in [1.82, 2.24) is 0 Å². The summed E-state index contributed by atoms with van der Waals surface area (Å²) >= 11 is 0. The third-order valence-electron chi connectivity index (χ3n) is 2.11. The Bertz CT molecular complexity index is 399. The highest BCUT2D eigenvalue weighted by atomic mass is 32.2. The molecule has 7 nitrogen and oxygen atoms in total. The molecule has 0 aliphatic rings. The van der Waals surface area contributed by atoms with E-state index in [-0.39, 0.29) is 19.3 Å². The summed E-state index contributed by atoms with van der Waals surface area (Å²) in [6, 6.07) is 0. The van der Waals surface area contributed by atoms with Crippen molar-refractivity contribution < 1.29 is 25.9 Å². The molecule has 0 aromatic heterocycles. The molecule has 0 spiro atoms. The molecule has 0 bridgehead atoms. The molecule has 0 aliphatic carbocycles. The molecular weight excluding hydrogens is 246 g/mol. The SMILES string of the molecule is CCC(N)(CCCS(=O)(=O)O)S(=O)(=O)O. The number of nitrogens with two attached hydrogens (primary N) is 1. The van der Waals surface area contributed by atoms with Crippen LogP contribution in [-0.4, -0.2) is 36.6 Å². The van der Waals surface area contributed by atoms with Gasteiger partial charge in [0.2, 0.25) is 0 Å². The van der Waals surface area contributed by atoms with Crippen LogP contribution in [0.3, 0.4) is 0 Å². The molecule has 0 saturated heterocycles. The highest BCUT2D eigenvalue weighted by molar-refractivity contribution is 7.87. The lowest BCUT2D eigenvalue weighted by atomic mass is 10.1. The Kier molecular flexibility index (Phi) is 4.67. The van der Waals surface area contributed by atoms with Crippen LogP contribution in [0.15, 0.2) is 0 Å². The van der Waals surface area contributed by atoms with Crippen LogP contribution in [0.4, 0.5) is 0 Å². The van der Waals surface area contributed by atoms with Crippen molar-refractivity contribution in [2.75, 3.05) is 5.75 Å². The molecular formula is C6H15NO6S2. The zero-order chi connectivity index (χ0) is 12.3. The number of rotatable bonds is 6. The zero-order valence-electron chi connectivity index (χ0n) is 8.25. The Labute approximate surface area is 89.2 Å². The van der Waals surface area contributed by atoms with E-state index in [0.717, 1.165) is 0 Å². The fourth-order valence-electron chi connectivity index (χ4n) is 1.04. The summed E-state index contributed by atoms with van der Waals surface area (Å²) in [5.74, 6) is -0.582. The van der Waals surface area contributed by atoms with E-state index in [9.17, 15) is 16.8 Å². The van der Waals surface area contributed by atoms with E-state index < -0.39 is 30.9 Å². The van der Waals surface area contributed by atoms with Crippen LogP contribution in [-0.2, 0) is 20.2 Å². The molecule has 9 heteroatoms. The van der Waals surface area contributed by atoms with E-state index in [1.54, 1.807) is 0 Å². The van der Waals surface area contributed by atoms with Gasteiger partial charge in [0.05, 0.1) is 5.75 Å². The average molecular weight is 261 g/mol. The monoisotopic (exact) mass is 261 g/mol. The maximum absolute atomic E-state index is 10.9. The molecule has 0 fully saturated rings. The van der Waals surface area contributed by atoms with Crippen LogP contribution in [0.1, 0.15) is 26.2 Å². The molecule has 1 atom stereocenters. The molecule has 4 N–H and O–H groups in total. The summed E-state index contributed by atoms with van der Waals surface area (Å²) in [6.45, 7) is 1.46. The maximum atomic E-state index is 10.9. The van der Waals surface area contributed by atoms with Crippen molar-refractivity contribution in [1.29, 1.82) is 0 Å². The average Bonchev–Trinajstić information content (AvgIpc) is 1.99. The fraction of sp³-hybridized carbons (Fsp3) is 1.00. The third kappa shape index (κ3) is 4.89. The summed E-state index contributed by atoms with van der Waals surface area (Å²) in [5, 5.41) is 0. The third-order valence-corrected chi connectivity index (χ3v) is 4.44. The molecule has 0 aromatic carbocycles. The van der Waals surface area contributed by atoms with Crippen LogP contribution in [0, 0.1) is 0 Å². The molecule has 0 aromatic rings. The van der Waals surface area contributed by atoms with Gasteiger partial charge in [0, 0.05) is 0 Å². The molecule has 0 heterocycles. The second-order valence-corrected chi connectivity index (χ2v) is 6.62. The van der Waals surface area contributed by atoms with Gasteiger partial charge in [-0.1, -0.05) is 6.92 Å². The molecule has 15 heavy (non-hydrogen) atoms. The molecule has 0 saturated carbocycles. The van der Waals surface area contributed by atoms with Crippen molar-refractivity contribution in [3.05, 3.63) is 0 Å². The minimum absolute atomic E-state index is 0.0443. The second-order valence-electron chi connectivity index (χ2n) is 3.28. The van der Waals surface area contributed by atoms with Gasteiger partial charge in [-0.05, 0) is 19.3 Å². The van der Waals surface area contributed by atoms with Gasteiger partial charge < -0.3 is 5.73 Å². The first kappa shape index (κ1) is 14.8. The quantitative estimate of drug-likeness (QED) is 0.554. The lowest BCUT2D eigenvalue weighted by Gasteiger charge is -2.23. The van der Waals surface area contributed by atoms with Crippen LogP contribution in [0.5, 0.6) is 0 Å². The van der Waals surface area contributed by atoms with Gasteiger partial charge in [-0.2, -0.15) is 16.8 Å². The van der Waals surface area contributed by atoms with Crippen LogP contribution >= 0.6 is 0 Å². The molecule has 0 radical (unpaired) electrons. The smallest absolute Gasteiger partial charge is 0.283 e. The molecule has 0 aliphatic heterocycles. The highest BCUT2D eigenvalue weighted by Gasteiger charge is 2.36. The van der Waals surface area contributed by atoms with Gasteiger partial charge in [0.1, 0.15) is 4.87 Å². The van der Waals surface area contributed by atoms with Gasteiger partial charge in [-0.25, -0.2) is 0 Å². The van der Waals surface area contributed by atoms with Gasteiger partial charge in [0.25, 0.3) is 20.2 Å². The Morgan fingerprint density at radius 2 is 1.67 bits per heavy atom. The van der Waals surface area contributed by atoms with Crippen molar-refractivity contribution >= 4 is 20.2 Å².